The fraction of sp³-hybridized carbons (Fsp3) is 0.452. The minimum atomic E-state index is -1.30. The molecule has 5 N–H and O–H groups in total. The van der Waals surface area contributed by atoms with E-state index in [4.69, 9.17) is 9.47 Å². The second-order valence-corrected chi connectivity index (χ2v) is 12.3. The summed E-state index contributed by atoms with van der Waals surface area (Å²) in [6.45, 7) is 13.6. The van der Waals surface area contributed by atoms with Crippen molar-refractivity contribution in [1.29, 1.82) is 0 Å². The highest BCUT2D eigenvalue weighted by Crippen LogP contribution is 2.21. The highest BCUT2D eigenvalue weighted by molar-refractivity contribution is 6.01. The molecule has 2 aromatic rings. The molecule has 0 heterocycles. The normalized spacial score (nSPS) is 12.9. The van der Waals surface area contributed by atoms with Gasteiger partial charge in [-0.25, -0.2) is 14.4 Å². The third-order valence-electron chi connectivity index (χ3n) is 5.63. The lowest BCUT2D eigenvalue weighted by molar-refractivity contribution is -0.119. The van der Waals surface area contributed by atoms with Crippen LogP contribution < -0.4 is 21.3 Å². The Morgan fingerprint density at radius 1 is 0.744 bits per heavy atom. The van der Waals surface area contributed by atoms with Crippen LogP contribution in [0.5, 0.6) is 0 Å². The van der Waals surface area contributed by atoms with E-state index in [0.717, 1.165) is 5.56 Å². The lowest BCUT2D eigenvalue weighted by Gasteiger charge is -2.25. The zero-order chi connectivity index (χ0) is 32.5. The van der Waals surface area contributed by atoms with Crippen LogP contribution in [0, 0.1) is 5.92 Å². The number of ether oxygens (including phenoxy) is 2. The van der Waals surface area contributed by atoms with Crippen LogP contribution in [0.15, 0.2) is 48.5 Å². The number of nitrogens with one attached hydrogen (secondary N) is 4. The van der Waals surface area contributed by atoms with Crippen LogP contribution in [0.4, 0.5) is 21.0 Å². The number of carbonyl (C=O) groups is 5. The van der Waals surface area contributed by atoms with Gasteiger partial charge in [-0.15, -0.1) is 0 Å². The molecule has 12 heteroatoms. The largest absolute Gasteiger partial charge is 0.478 e. The van der Waals surface area contributed by atoms with Crippen molar-refractivity contribution in [1.82, 2.24) is 10.6 Å². The number of rotatable bonds is 10. The van der Waals surface area contributed by atoms with Gasteiger partial charge in [0.05, 0.1) is 5.56 Å². The zero-order valence-electron chi connectivity index (χ0n) is 25.9. The molecule has 0 aromatic heterocycles. The molecule has 12 nitrogen and oxygen atoms in total. The molecule has 0 unspecified atom stereocenters. The molecule has 0 aliphatic heterocycles. The van der Waals surface area contributed by atoms with Gasteiger partial charge in [-0.05, 0) is 71.2 Å². The molecule has 0 spiro atoms. The fourth-order valence-electron chi connectivity index (χ4n) is 3.82. The standard InChI is InChI=1S/C31H42N4O8/c1-18(2)24(35-29(41)43-31(6,7)8)26(37)33-22-16-20(27(38)39)15-21(17-22)32-25(36)23(14-19-12-10-9-11-13-19)34-28(40)42-30(3,4)5/h9-13,15-18,23-24H,14H2,1-8H3,(H,32,36)(H,33,37)(H,34,40)(H,35,41)(H,38,39)/t23-,24-/m0/s1. The minimum Gasteiger partial charge on any atom is -0.478 e. The van der Waals surface area contributed by atoms with Gasteiger partial charge < -0.3 is 35.8 Å². The van der Waals surface area contributed by atoms with Crippen molar-refractivity contribution in [2.24, 2.45) is 5.92 Å². The number of carboxylic acids is 1. The number of amides is 4. The summed E-state index contributed by atoms with van der Waals surface area (Å²) in [7, 11) is 0. The second-order valence-electron chi connectivity index (χ2n) is 12.3. The predicted octanol–water partition coefficient (Wildman–Crippen LogP) is 4.95. The fourth-order valence-corrected chi connectivity index (χ4v) is 3.82. The Morgan fingerprint density at radius 3 is 1.70 bits per heavy atom. The van der Waals surface area contributed by atoms with Crippen molar-refractivity contribution < 1.29 is 38.6 Å². The van der Waals surface area contributed by atoms with Crippen LogP contribution in [0.25, 0.3) is 0 Å². The van der Waals surface area contributed by atoms with E-state index in [9.17, 15) is 29.1 Å². The highest BCUT2D eigenvalue weighted by atomic mass is 16.6. The zero-order valence-corrected chi connectivity index (χ0v) is 25.9. The Bertz CT molecular complexity index is 1310. The third kappa shape index (κ3) is 12.4. The van der Waals surface area contributed by atoms with E-state index in [1.165, 1.54) is 18.2 Å². The molecule has 0 fully saturated rings. The summed E-state index contributed by atoms with van der Waals surface area (Å²) in [6.07, 6.45) is -1.45. The Kier molecular flexibility index (Phi) is 11.7. The first-order valence-electron chi connectivity index (χ1n) is 13.9. The van der Waals surface area contributed by atoms with E-state index in [0.29, 0.717) is 0 Å². The molecule has 0 aliphatic carbocycles. The lowest BCUT2D eigenvalue weighted by Crippen LogP contribution is -2.48. The number of anilines is 2. The molecule has 2 atom stereocenters. The topological polar surface area (TPSA) is 172 Å². The van der Waals surface area contributed by atoms with Crippen molar-refractivity contribution in [3.05, 3.63) is 59.7 Å². The number of hydrogen-bond donors (Lipinski definition) is 5. The number of aromatic carboxylic acids is 1. The van der Waals surface area contributed by atoms with Crippen molar-refractivity contribution in [2.75, 3.05) is 10.6 Å². The van der Waals surface area contributed by atoms with Gasteiger partial charge in [0.2, 0.25) is 11.8 Å². The molecule has 2 aromatic carbocycles. The molecule has 0 radical (unpaired) electrons. The van der Waals surface area contributed by atoms with Gasteiger partial charge in [-0.3, -0.25) is 9.59 Å². The molecule has 234 valence electrons. The van der Waals surface area contributed by atoms with Crippen LogP contribution in [0.1, 0.15) is 71.3 Å². The van der Waals surface area contributed by atoms with Crippen LogP contribution in [0.3, 0.4) is 0 Å². The van der Waals surface area contributed by atoms with Crippen molar-refractivity contribution in [3.63, 3.8) is 0 Å². The van der Waals surface area contributed by atoms with Gasteiger partial charge in [0.15, 0.2) is 0 Å². The number of carboxylic acid groups (broad SMARTS) is 1. The van der Waals surface area contributed by atoms with E-state index in [1.54, 1.807) is 79.7 Å². The van der Waals surface area contributed by atoms with Gasteiger partial charge in [0, 0.05) is 17.8 Å². The van der Waals surface area contributed by atoms with Gasteiger partial charge in [0.25, 0.3) is 0 Å². The van der Waals surface area contributed by atoms with Gasteiger partial charge in [0.1, 0.15) is 23.3 Å². The average Bonchev–Trinajstić information content (AvgIpc) is 2.85. The first-order valence-corrected chi connectivity index (χ1v) is 13.9. The second kappa shape index (κ2) is 14.5. The molecule has 0 saturated heterocycles. The Morgan fingerprint density at radius 2 is 1.23 bits per heavy atom. The Balaban J connectivity index is 2.31. The first-order chi connectivity index (χ1) is 19.8. The van der Waals surface area contributed by atoms with Crippen LogP contribution in [-0.2, 0) is 25.5 Å². The summed E-state index contributed by atoms with van der Waals surface area (Å²) < 4.78 is 10.6. The van der Waals surface area contributed by atoms with E-state index < -0.39 is 53.3 Å². The first kappa shape index (κ1) is 34.6. The average molecular weight is 599 g/mol. The van der Waals surface area contributed by atoms with E-state index in [1.807, 2.05) is 6.07 Å². The van der Waals surface area contributed by atoms with Gasteiger partial charge in [-0.1, -0.05) is 44.2 Å². The molecule has 0 saturated carbocycles. The summed E-state index contributed by atoms with van der Waals surface area (Å²) in [5.41, 5.74) is -0.895. The molecule has 0 bridgehead atoms. The summed E-state index contributed by atoms with van der Waals surface area (Å²) in [6, 6.07) is 10.7. The Labute approximate surface area is 251 Å². The summed E-state index contributed by atoms with van der Waals surface area (Å²) in [5, 5.41) is 20.0. The monoisotopic (exact) mass is 598 g/mol. The van der Waals surface area contributed by atoms with E-state index in [-0.39, 0.29) is 29.3 Å². The number of hydrogen-bond acceptors (Lipinski definition) is 7. The maximum atomic E-state index is 13.4. The number of alkyl carbamates (subject to hydrolysis) is 2. The van der Waals surface area contributed by atoms with E-state index >= 15 is 0 Å². The number of benzene rings is 2. The molecule has 0 aliphatic rings. The van der Waals surface area contributed by atoms with Gasteiger partial charge >= 0.3 is 18.2 Å². The Hall–Kier alpha value is -4.61. The smallest absolute Gasteiger partial charge is 0.408 e. The molecular weight excluding hydrogens is 556 g/mol. The summed E-state index contributed by atoms with van der Waals surface area (Å²) >= 11 is 0. The quantitative estimate of drug-likeness (QED) is 0.256. The molecule has 2 rings (SSSR count). The van der Waals surface area contributed by atoms with E-state index in [2.05, 4.69) is 21.3 Å². The highest BCUT2D eigenvalue weighted by Gasteiger charge is 2.28. The molecular formula is C31H42N4O8. The SMILES string of the molecule is CC(C)[C@H](NC(=O)OC(C)(C)C)C(=O)Nc1cc(NC(=O)[C@H](Cc2ccccc2)NC(=O)OC(C)(C)C)cc(C(=O)O)c1. The maximum absolute atomic E-state index is 13.4. The van der Waals surface area contributed by atoms with Crippen molar-refractivity contribution in [2.45, 2.75) is 85.1 Å². The summed E-state index contributed by atoms with van der Waals surface area (Å²) in [5.74, 6) is -2.89. The minimum absolute atomic E-state index is 0.0606. The van der Waals surface area contributed by atoms with Crippen LogP contribution >= 0.6 is 0 Å². The maximum Gasteiger partial charge on any atom is 0.408 e. The van der Waals surface area contributed by atoms with Gasteiger partial charge in [-0.2, -0.15) is 0 Å². The summed E-state index contributed by atoms with van der Waals surface area (Å²) in [4.78, 5) is 63.3. The van der Waals surface area contributed by atoms with Crippen molar-refractivity contribution in [3.8, 4) is 0 Å². The third-order valence-corrected chi connectivity index (χ3v) is 5.63. The molecule has 4 amide bonds. The van der Waals surface area contributed by atoms with Crippen LogP contribution in [-0.4, -0.2) is 58.4 Å². The lowest BCUT2D eigenvalue weighted by atomic mass is 10.0. The number of carbonyl (C=O) groups excluding carboxylic acids is 4. The van der Waals surface area contributed by atoms with Crippen LogP contribution in [0.2, 0.25) is 0 Å². The molecule has 43 heavy (non-hydrogen) atoms. The predicted molar refractivity (Wildman–Crippen MR) is 162 cm³/mol. The van der Waals surface area contributed by atoms with Crippen molar-refractivity contribution >= 4 is 41.3 Å².